The molecule has 5 nitrogen and oxygen atoms in total. The van der Waals surface area contributed by atoms with Gasteiger partial charge < -0.3 is 5.11 Å². The van der Waals surface area contributed by atoms with Gasteiger partial charge in [-0.25, -0.2) is 4.98 Å². The van der Waals surface area contributed by atoms with Crippen LogP contribution in [0.5, 0.6) is 0 Å². The van der Waals surface area contributed by atoms with Gasteiger partial charge in [-0.3, -0.25) is 9.36 Å². The van der Waals surface area contributed by atoms with Crippen molar-refractivity contribution < 1.29 is 5.11 Å². The number of benzene rings is 2. The minimum absolute atomic E-state index is 0.160. The standard InChI is InChI=1S/C22H14ClN3O2S/c1-13-5-4-6-14(15(13)12-24)19(27)11-20-25-17-9-10-29-21(17)22(28)26(20)18-8-3-2-7-16(18)23/h2-11,27H,1H3. The van der Waals surface area contributed by atoms with Gasteiger partial charge in [-0.2, -0.15) is 5.26 Å². The van der Waals surface area contributed by atoms with E-state index >= 15 is 0 Å². The maximum Gasteiger partial charge on any atom is 0.276 e. The molecule has 0 spiro atoms. The molecule has 0 atom stereocenters. The molecule has 2 aromatic heterocycles. The Hall–Kier alpha value is -3.40. The Labute approximate surface area is 175 Å². The summed E-state index contributed by atoms with van der Waals surface area (Å²) in [6, 6.07) is 16.0. The number of nitriles is 1. The molecule has 0 aliphatic carbocycles. The molecule has 0 aliphatic heterocycles. The van der Waals surface area contributed by atoms with Crippen LogP contribution < -0.4 is 5.56 Å². The molecule has 0 unspecified atom stereocenters. The molecule has 29 heavy (non-hydrogen) atoms. The van der Waals surface area contributed by atoms with E-state index in [0.717, 1.165) is 5.56 Å². The van der Waals surface area contributed by atoms with Crippen LogP contribution in [0.2, 0.25) is 5.02 Å². The first-order valence-electron chi connectivity index (χ1n) is 8.67. The van der Waals surface area contributed by atoms with Crippen molar-refractivity contribution in [2.24, 2.45) is 0 Å². The number of fused-ring (bicyclic) bond motifs is 1. The van der Waals surface area contributed by atoms with E-state index < -0.39 is 0 Å². The number of hydrogen-bond donors (Lipinski definition) is 1. The Morgan fingerprint density at radius 1 is 1.24 bits per heavy atom. The summed E-state index contributed by atoms with van der Waals surface area (Å²) in [6.07, 6.45) is 1.39. The fraction of sp³-hybridized carbons (Fsp3) is 0.0455. The van der Waals surface area contributed by atoms with Gasteiger partial charge in [0.15, 0.2) is 0 Å². The minimum atomic E-state index is -0.276. The summed E-state index contributed by atoms with van der Waals surface area (Å²) in [6.45, 7) is 1.80. The number of aryl methyl sites for hydroxylation is 1. The monoisotopic (exact) mass is 419 g/mol. The number of aromatic nitrogens is 2. The zero-order valence-electron chi connectivity index (χ0n) is 15.3. The number of rotatable bonds is 3. The number of nitrogens with zero attached hydrogens (tertiary/aromatic N) is 3. The van der Waals surface area contributed by atoms with Crippen LogP contribution in [0.4, 0.5) is 0 Å². The molecule has 0 saturated heterocycles. The predicted octanol–water partition coefficient (Wildman–Crippen LogP) is 5.34. The van der Waals surface area contributed by atoms with E-state index in [0.29, 0.717) is 32.1 Å². The highest BCUT2D eigenvalue weighted by Gasteiger charge is 2.16. The molecular formula is C22H14ClN3O2S. The molecule has 4 rings (SSSR count). The summed E-state index contributed by atoms with van der Waals surface area (Å²) < 4.78 is 1.87. The van der Waals surface area contributed by atoms with Crippen molar-refractivity contribution in [1.82, 2.24) is 9.55 Å². The van der Waals surface area contributed by atoms with Crippen LogP contribution in [0.25, 0.3) is 27.7 Å². The molecule has 0 bridgehead atoms. The number of thiophene rings is 1. The van der Waals surface area contributed by atoms with Crippen molar-refractivity contribution in [3.8, 4) is 11.8 Å². The predicted molar refractivity (Wildman–Crippen MR) is 117 cm³/mol. The number of para-hydroxylation sites is 1. The topological polar surface area (TPSA) is 78.9 Å². The molecule has 7 heteroatoms. The summed E-state index contributed by atoms with van der Waals surface area (Å²) in [4.78, 5) is 17.7. The smallest absolute Gasteiger partial charge is 0.276 e. The first-order chi connectivity index (χ1) is 14.0. The highest BCUT2D eigenvalue weighted by atomic mass is 35.5. The van der Waals surface area contributed by atoms with E-state index in [1.165, 1.54) is 22.0 Å². The molecule has 142 valence electrons. The van der Waals surface area contributed by atoms with Gasteiger partial charge in [0.05, 0.1) is 21.8 Å². The fourth-order valence-corrected chi connectivity index (χ4v) is 4.10. The van der Waals surface area contributed by atoms with Gasteiger partial charge in [-0.15, -0.1) is 11.3 Å². The van der Waals surface area contributed by atoms with Crippen molar-refractivity contribution in [3.63, 3.8) is 0 Å². The van der Waals surface area contributed by atoms with Gasteiger partial charge in [0, 0.05) is 11.6 Å². The second-order valence-electron chi connectivity index (χ2n) is 6.34. The minimum Gasteiger partial charge on any atom is -0.507 e. The summed E-state index contributed by atoms with van der Waals surface area (Å²) in [7, 11) is 0. The Kier molecular flexibility index (Phi) is 4.93. The molecule has 0 radical (unpaired) electrons. The van der Waals surface area contributed by atoms with Gasteiger partial charge in [-0.05, 0) is 42.1 Å². The molecule has 0 amide bonds. The van der Waals surface area contributed by atoms with Gasteiger partial charge in [0.1, 0.15) is 22.4 Å². The van der Waals surface area contributed by atoms with Crippen LogP contribution in [0.1, 0.15) is 22.5 Å². The second-order valence-corrected chi connectivity index (χ2v) is 7.66. The Balaban J connectivity index is 2.02. The molecule has 2 aromatic carbocycles. The van der Waals surface area contributed by atoms with E-state index in [1.807, 2.05) is 0 Å². The van der Waals surface area contributed by atoms with Crippen molar-refractivity contribution in [3.05, 3.63) is 91.8 Å². The van der Waals surface area contributed by atoms with Crippen molar-refractivity contribution in [2.75, 3.05) is 0 Å². The lowest BCUT2D eigenvalue weighted by Gasteiger charge is -2.12. The van der Waals surface area contributed by atoms with Crippen LogP contribution >= 0.6 is 22.9 Å². The summed E-state index contributed by atoms with van der Waals surface area (Å²) >= 11 is 7.63. The third-order valence-corrected chi connectivity index (χ3v) is 5.74. The number of aliphatic hydroxyl groups excluding tert-OH is 1. The van der Waals surface area contributed by atoms with Gasteiger partial charge in [0.25, 0.3) is 5.56 Å². The molecule has 0 aliphatic rings. The molecular weight excluding hydrogens is 406 g/mol. The number of halogens is 1. The highest BCUT2D eigenvalue weighted by molar-refractivity contribution is 7.17. The average Bonchev–Trinajstić information content (AvgIpc) is 3.18. The van der Waals surface area contributed by atoms with E-state index in [2.05, 4.69) is 11.1 Å². The number of aliphatic hydroxyl groups is 1. The van der Waals surface area contributed by atoms with E-state index in [9.17, 15) is 15.2 Å². The maximum atomic E-state index is 13.2. The fourth-order valence-electron chi connectivity index (χ4n) is 3.12. The normalized spacial score (nSPS) is 11.6. The molecule has 2 heterocycles. The Morgan fingerprint density at radius 2 is 2.03 bits per heavy atom. The van der Waals surface area contributed by atoms with Gasteiger partial charge in [-0.1, -0.05) is 35.9 Å². The first-order valence-corrected chi connectivity index (χ1v) is 9.93. The van der Waals surface area contributed by atoms with Crippen molar-refractivity contribution >= 4 is 45.0 Å². The van der Waals surface area contributed by atoms with Gasteiger partial charge >= 0.3 is 0 Å². The van der Waals surface area contributed by atoms with Gasteiger partial charge in [0.2, 0.25) is 0 Å². The van der Waals surface area contributed by atoms with E-state index in [4.69, 9.17) is 11.6 Å². The van der Waals surface area contributed by atoms with Crippen molar-refractivity contribution in [2.45, 2.75) is 6.92 Å². The zero-order chi connectivity index (χ0) is 20.5. The molecule has 1 N–H and O–H groups in total. The molecule has 0 fully saturated rings. The van der Waals surface area contributed by atoms with Crippen molar-refractivity contribution in [1.29, 1.82) is 5.26 Å². The second kappa shape index (κ2) is 7.55. The first kappa shape index (κ1) is 18.9. The lowest BCUT2D eigenvalue weighted by molar-refractivity contribution is 0.514. The lowest BCUT2D eigenvalue weighted by atomic mass is 10.0. The van der Waals surface area contributed by atoms with E-state index in [-0.39, 0.29) is 17.1 Å². The number of hydrogen-bond acceptors (Lipinski definition) is 5. The third-order valence-electron chi connectivity index (χ3n) is 4.53. The highest BCUT2D eigenvalue weighted by Crippen LogP contribution is 2.26. The largest absolute Gasteiger partial charge is 0.507 e. The molecule has 0 saturated carbocycles. The maximum absolute atomic E-state index is 13.2. The SMILES string of the molecule is Cc1cccc(C(O)=Cc2nc3ccsc3c(=O)n2-c2ccccc2Cl)c1C#N. The summed E-state index contributed by atoms with van der Waals surface area (Å²) in [5, 5.41) is 22.4. The van der Waals surface area contributed by atoms with Crippen LogP contribution in [-0.2, 0) is 0 Å². The Morgan fingerprint density at radius 3 is 2.79 bits per heavy atom. The third kappa shape index (κ3) is 3.31. The lowest BCUT2D eigenvalue weighted by Crippen LogP contribution is -2.21. The zero-order valence-corrected chi connectivity index (χ0v) is 16.8. The van der Waals surface area contributed by atoms with E-state index in [1.54, 1.807) is 60.8 Å². The van der Waals surface area contributed by atoms with Crippen LogP contribution in [0, 0.1) is 18.3 Å². The average molecular weight is 420 g/mol. The quantitative estimate of drug-likeness (QED) is 0.455. The van der Waals surface area contributed by atoms with Crippen LogP contribution in [-0.4, -0.2) is 14.7 Å². The Bertz CT molecular complexity index is 1380. The molecule has 4 aromatic rings. The van der Waals surface area contributed by atoms with Crippen LogP contribution in [0.3, 0.4) is 0 Å². The summed E-state index contributed by atoms with van der Waals surface area (Å²) in [5.74, 6) is 0.0597. The van der Waals surface area contributed by atoms with Crippen LogP contribution in [0.15, 0.2) is 58.7 Å². The summed E-state index contributed by atoms with van der Waals surface area (Å²) in [5.41, 5.74) is 2.21.